The van der Waals surface area contributed by atoms with Gasteiger partial charge in [0.1, 0.15) is 10.6 Å². The summed E-state index contributed by atoms with van der Waals surface area (Å²) in [6.07, 6.45) is 8.36. The average molecular weight is 492 g/mol. The van der Waals surface area contributed by atoms with Gasteiger partial charge in [-0.3, -0.25) is 9.59 Å². The fourth-order valence-corrected chi connectivity index (χ4v) is 7.02. The van der Waals surface area contributed by atoms with Crippen molar-refractivity contribution in [2.75, 3.05) is 46.4 Å². The van der Waals surface area contributed by atoms with Crippen LogP contribution in [-0.4, -0.2) is 80.7 Å². The number of likely N-dealkylation sites (tertiary alicyclic amines) is 2. The zero-order chi connectivity index (χ0) is 24.1. The molecule has 0 aromatic heterocycles. The Morgan fingerprint density at radius 1 is 0.824 bits per heavy atom. The van der Waals surface area contributed by atoms with Crippen molar-refractivity contribution in [1.29, 1.82) is 0 Å². The molecular formula is C25H37N3O5S. The summed E-state index contributed by atoms with van der Waals surface area (Å²) in [4.78, 5) is 29.9. The lowest BCUT2D eigenvalue weighted by molar-refractivity contribution is -0.137. The minimum Gasteiger partial charge on any atom is -0.495 e. The Kier molecular flexibility index (Phi) is 8.14. The first kappa shape index (κ1) is 25.0. The van der Waals surface area contributed by atoms with E-state index in [9.17, 15) is 18.0 Å². The first-order valence-electron chi connectivity index (χ1n) is 12.7. The molecule has 3 heterocycles. The lowest BCUT2D eigenvalue weighted by Gasteiger charge is -2.35. The average Bonchev–Trinajstić information content (AvgIpc) is 3.18. The molecule has 0 atom stereocenters. The molecule has 3 fully saturated rings. The van der Waals surface area contributed by atoms with E-state index in [1.54, 1.807) is 17.0 Å². The fraction of sp³-hybridized carbons (Fsp3) is 0.680. The van der Waals surface area contributed by atoms with Crippen LogP contribution in [0.3, 0.4) is 0 Å². The summed E-state index contributed by atoms with van der Waals surface area (Å²) in [6.45, 7) is 3.67. The third-order valence-electron chi connectivity index (χ3n) is 7.39. The molecule has 0 bridgehead atoms. The SMILES string of the molecule is COc1ccc(C(=O)N2CCC(C(=O)N3CCCCC3)CC2)cc1S(=O)(=O)N1CCCCCC1. The number of carbonyl (C=O) groups is 2. The Bertz CT molecular complexity index is 974. The maximum Gasteiger partial charge on any atom is 0.253 e. The van der Waals surface area contributed by atoms with E-state index in [0.717, 1.165) is 51.6 Å². The third kappa shape index (κ3) is 5.40. The Morgan fingerprint density at radius 2 is 1.41 bits per heavy atom. The molecule has 4 rings (SSSR count). The van der Waals surface area contributed by atoms with Crippen LogP contribution >= 0.6 is 0 Å². The van der Waals surface area contributed by atoms with Crippen molar-refractivity contribution in [1.82, 2.24) is 14.1 Å². The Balaban J connectivity index is 1.46. The lowest BCUT2D eigenvalue weighted by Crippen LogP contribution is -2.45. The zero-order valence-corrected chi connectivity index (χ0v) is 21.0. The molecule has 3 aliphatic heterocycles. The van der Waals surface area contributed by atoms with Crippen LogP contribution in [-0.2, 0) is 14.8 Å². The molecule has 34 heavy (non-hydrogen) atoms. The van der Waals surface area contributed by atoms with Crippen molar-refractivity contribution in [3.05, 3.63) is 23.8 Å². The number of piperidine rings is 2. The van der Waals surface area contributed by atoms with Gasteiger partial charge in [0.25, 0.3) is 5.91 Å². The Hall–Kier alpha value is -2.13. The van der Waals surface area contributed by atoms with Gasteiger partial charge in [-0.2, -0.15) is 4.31 Å². The number of ether oxygens (including phenoxy) is 1. The second-order valence-corrected chi connectivity index (χ2v) is 11.5. The van der Waals surface area contributed by atoms with Gasteiger partial charge < -0.3 is 14.5 Å². The number of rotatable bonds is 5. The highest BCUT2D eigenvalue weighted by molar-refractivity contribution is 7.89. The van der Waals surface area contributed by atoms with Crippen molar-refractivity contribution in [2.45, 2.75) is 62.7 Å². The second kappa shape index (κ2) is 11.1. The van der Waals surface area contributed by atoms with Crippen molar-refractivity contribution >= 4 is 21.8 Å². The van der Waals surface area contributed by atoms with Gasteiger partial charge in [-0.25, -0.2) is 8.42 Å². The highest BCUT2D eigenvalue weighted by atomic mass is 32.2. The van der Waals surface area contributed by atoms with Gasteiger partial charge in [0, 0.05) is 50.7 Å². The Labute approximate surface area is 203 Å². The topological polar surface area (TPSA) is 87.2 Å². The molecule has 1 aromatic rings. The molecule has 0 radical (unpaired) electrons. The van der Waals surface area contributed by atoms with Gasteiger partial charge in [0.15, 0.2) is 0 Å². The van der Waals surface area contributed by atoms with Crippen molar-refractivity contribution in [2.24, 2.45) is 5.92 Å². The normalized spacial score (nSPS) is 21.2. The highest BCUT2D eigenvalue weighted by Crippen LogP contribution is 2.30. The number of nitrogens with zero attached hydrogens (tertiary/aromatic N) is 3. The molecule has 0 N–H and O–H groups in total. The molecule has 188 valence electrons. The number of benzene rings is 1. The van der Waals surface area contributed by atoms with E-state index in [0.29, 0.717) is 44.6 Å². The minimum atomic E-state index is -3.76. The molecule has 0 spiro atoms. The molecule has 2 amide bonds. The second-order valence-electron chi connectivity index (χ2n) is 9.64. The maximum atomic E-state index is 13.4. The van der Waals surface area contributed by atoms with E-state index in [1.165, 1.54) is 23.9 Å². The summed E-state index contributed by atoms with van der Waals surface area (Å²) in [6, 6.07) is 4.67. The van der Waals surface area contributed by atoms with Gasteiger partial charge in [-0.1, -0.05) is 12.8 Å². The smallest absolute Gasteiger partial charge is 0.253 e. The van der Waals surface area contributed by atoms with Crippen LogP contribution in [0.25, 0.3) is 0 Å². The van der Waals surface area contributed by atoms with E-state index >= 15 is 0 Å². The van der Waals surface area contributed by atoms with Gasteiger partial charge >= 0.3 is 0 Å². The zero-order valence-electron chi connectivity index (χ0n) is 20.2. The third-order valence-corrected chi connectivity index (χ3v) is 9.31. The lowest BCUT2D eigenvalue weighted by atomic mass is 9.94. The summed E-state index contributed by atoms with van der Waals surface area (Å²) in [7, 11) is -2.31. The summed E-state index contributed by atoms with van der Waals surface area (Å²) in [5.41, 5.74) is 0.343. The minimum absolute atomic E-state index is 0.0306. The highest BCUT2D eigenvalue weighted by Gasteiger charge is 2.33. The number of hydrogen-bond acceptors (Lipinski definition) is 5. The molecular weight excluding hydrogens is 454 g/mol. The van der Waals surface area contributed by atoms with E-state index < -0.39 is 10.0 Å². The predicted octanol–water partition coefficient (Wildman–Crippen LogP) is 3.12. The summed E-state index contributed by atoms with van der Waals surface area (Å²) < 4.78 is 33.7. The molecule has 3 saturated heterocycles. The van der Waals surface area contributed by atoms with Crippen LogP contribution in [0.4, 0.5) is 0 Å². The first-order chi connectivity index (χ1) is 16.4. The number of methoxy groups -OCH3 is 1. The van der Waals surface area contributed by atoms with Crippen LogP contribution in [0.5, 0.6) is 5.75 Å². The number of hydrogen-bond donors (Lipinski definition) is 0. The molecule has 0 aliphatic carbocycles. The molecule has 0 unspecified atom stereocenters. The van der Waals surface area contributed by atoms with E-state index in [1.807, 2.05) is 4.90 Å². The summed E-state index contributed by atoms with van der Waals surface area (Å²) in [5, 5.41) is 0. The quantitative estimate of drug-likeness (QED) is 0.632. The fourth-order valence-electron chi connectivity index (χ4n) is 5.32. The van der Waals surface area contributed by atoms with Crippen LogP contribution in [0, 0.1) is 5.92 Å². The first-order valence-corrected chi connectivity index (χ1v) is 14.1. The predicted molar refractivity (Wildman–Crippen MR) is 129 cm³/mol. The van der Waals surface area contributed by atoms with Crippen LogP contribution in [0.2, 0.25) is 0 Å². The van der Waals surface area contributed by atoms with Crippen molar-refractivity contribution in [3.8, 4) is 5.75 Å². The summed E-state index contributed by atoms with van der Waals surface area (Å²) in [5.74, 6) is 0.254. The van der Waals surface area contributed by atoms with E-state index in [2.05, 4.69) is 0 Å². The largest absolute Gasteiger partial charge is 0.495 e. The standard InChI is InChI=1S/C25H37N3O5S/c1-33-22-10-9-21(19-23(22)34(31,32)28-15-7-2-3-8-16-28)25(30)27-17-11-20(12-18-27)24(29)26-13-5-4-6-14-26/h9-10,19-20H,2-8,11-18H2,1H3. The molecule has 1 aromatic carbocycles. The number of sulfonamides is 1. The molecule has 0 saturated carbocycles. The molecule has 3 aliphatic rings. The van der Waals surface area contributed by atoms with E-state index in [4.69, 9.17) is 4.74 Å². The molecule has 9 heteroatoms. The monoisotopic (exact) mass is 491 g/mol. The van der Waals surface area contributed by atoms with Gasteiger partial charge in [0.2, 0.25) is 15.9 Å². The van der Waals surface area contributed by atoms with Crippen LogP contribution < -0.4 is 4.74 Å². The number of carbonyl (C=O) groups excluding carboxylic acids is 2. The van der Waals surface area contributed by atoms with Gasteiger partial charge in [-0.15, -0.1) is 0 Å². The van der Waals surface area contributed by atoms with E-state index in [-0.39, 0.29) is 28.4 Å². The van der Waals surface area contributed by atoms with Gasteiger partial charge in [-0.05, 0) is 63.1 Å². The van der Waals surface area contributed by atoms with Crippen LogP contribution in [0.1, 0.15) is 68.1 Å². The maximum absolute atomic E-state index is 13.4. The number of amides is 2. The van der Waals surface area contributed by atoms with Crippen molar-refractivity contribution < 1.29 is 22.7 Å². The molecule has 8 nitrogen and oxygen atoms in total. The van der Waals surface area contributed by atoms with Gasteiger partial charge in [0.05, 0.1) is 7.11 Å². The Morgan fingerprint density at radius 3 is 2.03 bits per heavy atom. The van der Waals surface area contributed by atoms with Crippen LogP contribution in [0.15, 0.2) is 23.1 Å². The van der Waals surface area contributed by atoms with Crippen molar-refractivity contribution in [3.63, 3.8) is 0 Å². The summed E-state index contributed by atoms with van der Waals surface area (Å²) >= 11 is 0.